The number of rotatable bonds is 5. The van der Waals surface area contributed by atoms with Crippen LogP contribution in [-0.2, 0) is 21.1 Å². The predicted octanol–water partition coefficient (Wildman–Crippen LogP) is 2.85. The van der Waals surface area contributed by atoms with Gasteiger partial charge in [0.2, 0.25) is 0 Å². The molecule has 2 aromatic rings. The number of hydrogen-bond acceptors (Lipinski definition) is 5. The first-order valence-electron chi connectivity index (χ1n) is 9.77. The molecule has 6 nitrogen and oxygen atoms in total. The van der Waals surface area contributed by atoms with Crippen LogP contribution in [0.15, 0.2) is 53.4 Å². The molecule has 0 unspecified atom stereocenters. The molecule has 0 saturated carbocycles. The van der Waals surface area contributed by atoms with Gasteiger partial charge in [0, 0.05) is 25.1 Å². The SMILES string of the molecule is CC1(C)Cc2cccc(OCC(=O)N3CC[C@H](S(=O)(=O)c4ccccc4)C3)c2O1. The molecule has 154 valence electrons. The lowest BCUT2D eigenvalue weighted by Crippen LogP contribution is -2.35. The van der Waals surface area contributed by atoms with Crippen molar-refractivity contribution < 1.29 is 22.7 Å². The zero-order valence-electron chi connectivity index (χ0n) is 16.6. The van der Waals surface area contributed by atoms with E-state index in [-0.39, 0.29) is 24.7 Å². The Kier molecular flexibility index (Phi) is 5.02. The summed E-state index contributed by atoms with van der Waals surface area (Å²) in [6, 6.07) is 14.1. The number of carbonyl (C=O) groups excluding carboxylic acids is 1. The summed E-state index contributed by atoms with van der Waals surface area (Å²) in [4.78, 5) is 14.5. The Bertz CT molecular complexity index is 1020. The number of fused-ring (bicyclic) bond motifs is 1. The molecule has 7 heteroatoms. The van der Waals surface area contributed by atoms with Gasteiger partial charge in [-0.25, -0.2) is 8.42 Å². The minimum absolute atomic E-state index is 0.141. The Balaban J connectivity index is 1.39. The lowest BCUT2D eigenvalue weighted by Gasteiger charge is -2.19. The van der Waals surface area contributed by atoms with Crippen LogP contribution in [0.5, 0.6) is 11.5 Å². The molecule has 1 saturated heterocycles. The molecule has 4 rings (SSSR count). The minimum atomic E-state index is -3.45. The van der Waals surface area contributed by atoms with E-state index in [1.54, 1.807) is 41.3 Å². The minimum Gasteiger partial charge on any atom is -0.483 e. The zero-order valence-corrected chi connectivity index (χ0v) is 17.4. The van der Waals surface area contributed by atoms with Crippen LogP contribution < -0.4 is 9.47 Å². The fourth-order valence-electron chi connectivity index (χ4n) is 3.94. The van der Waals surface area contributed by atoms with E-state index in [1.165, 1.54) is 0 Å². The third-order valence-electron chi connectivity index (χ3n) is 5.41. The summed E-state index contributed by atoms with van der Waals surface area (Å²) in [5.41, 5.74) is 0.773. The van der Waals surface area contributed by atoms with E-state index in [0.29, 0.717) is 29.4 Å². The average molecular weight is 416 g/mol. The molecule has 2 aliphatic rings. The van der Waals surface area contributed by atoms with Crippen LogP contribution in [0.1, 0.15) is 25.8 Å². The van der Waals surface area contributed by atoms with Crippen molar-refractivity contribution in [3.63, 3.8) is 0 Å². The maximum atomic E-state index is 12.8. The van der Waals surface area contributed by atoms with Gasteiger partial charge in [0.1, 0.15) is 5.60 Å². The number of carbonyl (C=O) groups is 1. The van der Waals surface area contributed by atoms with Gasteiger partial charge in [-0.05, 0) is 38.5 Å². The quantitative estimate of drug-likeness (QED) is 0.751. The van der Waals surface area contributed by atoms with Gasteiger partial charge in [-0.2, -0.15) is 0 Å². The van der Waals surface area contributed by atoms with Gasteiger partial charge >= 0.3 is 0 Å². The summed E-state index contributed by atoms with van der Waals surface area (Å²) >= 11 is 0. The smallest absolute Gasteiger partial charge is 0.260 e. The fourth-order valence-corrected chi connectivity index (χ4v) is 5.66. The molecule has 0 N–H and O–H groups in total. The van der Waals surface area contributed by atoms with Crippen LogP contribution in [0.2, 0.25) is 0 Å². The number of nitrogens with zero attached hydrogens (tertiary/aromatic N) is 1. The van der Waals surface area contributed by atoms with Crippen molar-refractivity contribution >= 4 is 15.7 Å². The number of sulfone groups is 1. The molecule has 29 heavy (non-hydrogen) atoms. The molecule has 1 atom stereocenters. The zero-order chi connectivity index (χ0) is 20.6. The summed E-state index contributed by atoms with van der Waals surface area (Å²) in [7, 11) is -3.45. The molecule has 2 heterocycles. The van der Waals surface area contributed by atoms with Crippen molar-refractivity contribution in [3.05, 3.63) is 54.1 Å². The Morgan fingerprint density at radius 2 is 1.93 bits per heavy atom. The molecule has 2 aromatic carbocycles. The average Bonchev–Trinajstić information content (AvgIpc) is 3.30. The molecule has 0 aromatic heterocycles. The van der Waals surface area contributed by atoms with E-state index in [4.69, 9.17) is 9.47 Å². The second kappa shape index (κ2) is 7.37. The van der Waals surface area contributed by atoms with Crippen LogP contribution in [0.25, 0.3) is 0 Å². The molecular weight excluding hydrogens is 390 g/mol. The van der Waals surface area contributed by atoms with Gasteiger partial charge in [-0.3, -0.25) is 4.79 Å². The predicted molar refractivity (Wildman–Crippen MR) is 109 cm³/mol. The highest BCUT2D eigenvalue weighted by atomic mass is 32.2. The normalized spacial score (nSPS) is 20.2. The summed E-state index contributed by atoms with van der Waals surface area (Å²) in [5.74, 6) is 1.02. The van der Waals surface area contributed by atoms with E-state index >= 15 is 0 Å². The highest BCUT2D eigenvalue weighted by Crippen LogP contribution is 2.41. The maximum absolute atomic E-state index is 12.8. The third-order valence-corrected chi connectivity index (χ3v) is 7.61. The van der Waals surface area contributed by atoms with Crippen LogP contribution in [0.4, 0.5) is 0 Å². The lowest BCUT2D eigenvalue weighted by molar-refractivity contribution is -0.132. The highest BCUT2D eigenvalue weighted by Gasteiger charge is 2.36. The molecule has 2 aliphatic heterocycles. The van der Waals surface area contributed by atoms with E-state index in [2.05, 4.69) is 0 Å². The van der Waals surface area contributed by atoms with Gasteiger partial charge in [0.15, 0.2) is 27.9 Å². The van der Waals surface area contributed by atoms with Crippen molar-refractivity contribution in [2.75, 3.05) is 19.7 Å². The number of likely N-dealkylation sites (tertiary alicyclic amines) is 1. The van der Waals surface area contributed by atoms with Crippen molar-refractivity contribution in [1.29, 1.82) is 0 Å². The van der Waals surface area contributed by atoms with Crippen molar-refractivity contribution in [2.24, 2.45) is 0 Å². The summed E-state index contributed by atoms with van der Waals surface area (Å²) in [5, 5.41) is -0.584. The second-order valence-electron chi connectivity index (χ2n) is 8.18. The van der Waals surface area contributed by atoms with Crippen molar-refractivity contribution in [3.8, 4) is 11.5 Å². The van der Waals surface area contributed by atoms with Crippen molar-refractivity contribution in [1.82, 2.24) is 4.90 Å². The van der Waals surface area contributed by atoms with Gasteiger partial charge in [0.25, 0.3) is 5.91 Å². The van der Waals surface area contributed by atoms with Crippen LogP contribution in [0.3, 0.4) is 0 Å². The van der Waals surface area contributed by atoms with Crippen LogP contribution in [-0.4, -0.2) is 49.8 Å². The fraction of sp³-hybridized carbons (Fsp3) is 0.409. The molecule has 0 bridgehead atoms. The standard InChI is InChI=1S/C22H25NO5S/c1-22(2)13-16-7-6-10-19(21(16)28-22)27-15-20(24)23-12-11-18(14-23)29(25,26)17-8-4-3-5-9-17/h3-10,18H,11-15H2,1-2H3/t18-/m0/s1. The van der Waals surface area contributed by atoms with Gasteiger partial charge in [-0.1, -0.05) is 30.3 Å². The molecule has 0 spiro atoms. The van der Waals surface area contributed by atoms with E-state index in [0.717, 1.165) is 12.0 Å². The number of ether oxygens (including phenoxy) is 2. The summed E-state index contributed by atoms with van der Waals surface area (Å²) < 4.78 is 37.3. The number of benzene rings is 2. The summed E-state index contributed by atoms with van der Waals surface area (Å²) in [6.07, 6.45) is 1.22. The number of amides is 1. The molecular formula is C22H25NO5S. The first-order valence-corrected chi connectivity index (χ1v) is 11.3. The van der Waals surface area contributed by atoms with E-state index in [1.807, 2.05) is 26.0 Å². The van der Waals surface area contributed by atoms with Gasteiger partial charge in [-0.15, -0.1) is 0 Å². The Morgan fingerprint density at radius 1 is 1.17 bits per heavy atom. The topological polar surface area (TPSA) is 72.9 Å². The molecule has 0 radical (unpaired) electrons. The first kappa shape index (κ1) is 19.8. The van der Waals surface area contributed by atoms with Gasteiger partial charge < -0.3 is 14.4 Å². The number of hydrogen-bond donors (Lipinski definition) is 0. The Hall–Kier alpha value is -2.54. The lowest BCUT2D eigenvalue weighted by atomic mass is 10.0. The third kappa shape index (κ3) is 3.96. The van der Waals surface area contributed by atoms with Crippen molar-refractivity contribution in [2.45, 2.75) is 42.4 Å². The number of para-hydroxylation sites is 1. The van der Waals surface area contributed by atoms with Gasteiger partial charge in [0.05, 0.1) is 10.1 Å². The second-order valence-corrected chi connectivity index (χ2v) is 10.4. The molecule has 1 fully saturated rings. The Morgan fingerprint density at radius 3 is 2.69 bits per heavy atom. The monoisotopic (exact) mass is 415 g/mol. The van der Waals surface area contributed by atoms with Crippen LogP contribution in [0, 0.1) is 0 Å². The maximum Gasteiger partial charge on any atom is 0.260 e. The largest absolute Gasteiger partial charge is 0.483 e. The molecule has 1 amide bonds. The van der Waals surface area contributed by atoms with Crippen LogP contribution >= 0.6 is 0 Å². The highest BCUT2D eigenvalue weighted by molar-refractivity contribution is 7.92. The van der Waals surface area contributed by atoms with E-state index < -0.39 is 15.1 Å². The van der Waals surface area contributed by atoms with E-state index in [9.17, 15) is 13.2 Å². The Labute approximate surface area is 171 Å². The summed E-state index contributed by atoms with van der Waals surface area (Å²) in [6.45, 7) is 4.49. The first-order chi connectivity index (χ1) is 13.8. The molecule has 0 aliphatic carbocycles.